The number of carbonyl (C=O) groups excluding carboxylic acids is 1. The van der Waals surface area contributed by atoms with E-state index < -0.39 is 27.8 Å². The molecule has 138 valence electrons. The number of rotatable bonds is 3. The number of pyridine rings is 1. The van der Waals surface area contributed by atoms with Crippen molar-refractivity contribution in [2.75, 3.05) is 6.54 Å². The Morgan fingerprint density at radius 1 is 1.23 bits per heavy atom. The van der Waals surface area contributed by atoms with E-state index in [9.17, 15) is 23.1 Å². The van der Waals surface area contributed by atoms with Crippen LogP contribution in [0.25, 0.3) is 10.8 Å². The average Bonchev–Trinajstić information content (AvgIpc) is 2.59. The number of aromatic nitrogens is 1. The van der Waals surface area contributed by atoms with Gasteiger partial charge in [0.1, 0.15) is 5.69 Å². The number of benzene rings is 1. The number of carbonyl (C=O) groups is 2. The van der Waals surface area contributed by atoms with Crippen molar-refractivity contribution in [2.45, 2.75) is 30.7 Å². The molecule has 1 aromatic carbocycles. The van der Waals surface area contributed by atoms with Crippen LogP contribution in [0.5, 0.6) is 0 Å². The van der Waals surface area contributed by atoms with Crippen molar-refractivity contribution in [1.82, 2.24) is 9.88 Å². The van der Waals surface area contributed by atoms with E-state index in [-0.39, 0.29) is 23.2 Å². The Morgan fingerprint density at radius 3 is 2.62 bits per heavy atom. The molecule has 2 atom stereocenters. The normalized spacial score (nSPS) is 20.9. The lowest BCUT2D eigenvalue weighted by Crippen LogP contribution is -2.47. The molecule has 1 fully saturated rings. The van der Waals surface area contributed by atoms with Crippen LogP contribution in [0.15, 0.2) is 35.4 Å². The van der Waals surface area contributed by atoms with Crippen LogP contribution in [0.3, 0.4) is 0 Å². The fourth-order valence-electron chi connectivity index (χ4n) is 3.32. The molecular weight excluding hydrogens is 358 g/mol. The van der Waals surface area contributed by atoms with Gasteiger partial charge in [0.05, 0.1) is 10.8 Å². The first kappa shape index (κ1) is 18.3. The largest absolute Gasteiger partial charge is 0.481 e. The van der Waals surface area contributed by atoms with Crippen LogP contribution in [0, 0.1) is 5.92 Å². The van der Waals surface area contributed by atoms with Crippen molar-refractivity contribution in [1.29, 1.82) is 0 Å². The summed E-state index contributed by atoms with van der Waals surface area (Å²) in [7, 11) is -3.96. The fourth-order valence-corrected chi connectivity index (χ4v) is 4.08. The number of likely N-dealkylation sites (tertiary alicyclic amines) is 1. The molecule has 8 nitrogen and oxygen atoms in total. The molecule has 1 saturated heterocycles. The summed E-state index contributed by atoms with van der Waals surface area (Å²) in [6, 6.07) is 5.84. The number of fused-ring (bicyclic) bond motifs is 1. The molecule has 2 unspecified atom stereocenters. The van der Waals surface area contributed by atoms with Gasteiger partial charge in [-0.2, -0.15) is 0 Å². The zero-order chi connectivity index (χ0) is 19.1. The Hall–Kier alpha value is -2.52. The zero-order valence-corrected chi connectivity index (χ0v) is 14.9. The second-order valence-corrected chi connectivity index (χ2v) is 8.00. The van der Waals surface area contributed by atoms with Crippen molar-refractivity contribution < 1.29 is 23.1 Å². The number of amides is 1. The predicted octanol–water partition coefficient (Wildman–Crippen LogP) is 1.21. The quantitative estimate of drug-likeness (QED) is 0.826. The van der Waals surface area contributed by atoms with Crippen molar-refractivity contribution in [3.05, 3.63) is 36.2 Å². The first-order chi connectivity index (χ1) is 12.2. The minimum atomic E-state index is -3.96. The van der Waals surface area contributed by atoms with Gasteiger partial charge in [-0.3, -0.25) is 14.6 Å². The highest BCUT2D eigenvalue weighted by molar-refractivity contribution is 7.89. The van der Waals surface area contributed by atoms with Crippen LogP contribution >= 0.6 is 0 Å². The van der Waals surface area contributed by atoms with Gasteiger partial charge in [-0.15, -0.1) is 0 Å². The summed E-state index contributed by atoms with van der Waals surface area (Å²) in [6.45, 7) is 1.96. The average molecular weight is 377 g/mol. The van der Waals surface area contributed by atoms with Crippen LogP contribution in [0.1, 0.15) is 30.3 Å². The molecule has 3 rings (SSSR count). The van der Waals surface area contributed by atoms with Gasteiger partial charge in [0.2, 0.25) is 10.0 Å². The van der Waals surface area contributed by atoms with Gasteiger partial charge in [-0.25, -0.2) is 13.6 Å². The molecule has 2 aromatic rings. The summed E-state index contributed by atoms with van der Waals surface area (Å²) in [6.07, 6.45) is 2.45. The SMILES string of the molecule is CC1CCC(C(=O)O)CN1C(=O)c1nccc2c(S(N)(=O)=O)cccc12. The van der Waals surface area contributed by atoms with E-state index in [0.717, 1.165) is 0 Å². The number of primary sulfonamides is 1. The topological polar surface area (TPSA) is 131 Å². The maximum Gasteiger partial charge on any atom is 0.308 e. The highest BCUT2D eigenvalue weighted by atomic mass is 32.2. The van der Waals surface area contributed by atoms with E-state index in [0.29, 0.717) is 23.6 Å². The molecule has 0 bridgehead atoms. The Morgan fingerprint density at radius 2 is 1.96 bits per heavy atom. The van der Waals surface area contributed by atoms with Crippen molar-refractivity contribution in [3.63, 3.8) is 0 Å². The maximum absolute atomic E-state index is 13.0. The number of carboxylic acids is 1. The molecule has 1 amide bonds. The third-order valence-corrected chi connectivity index (χ3v) is 5.74. The number of sulfonamides is 1. The van der Waals surface area contributed by atoms with E-state index in [1.807, 2.05) is 6.92 Å². The van der Waals surface area contributed by atoms with Gasteiger partial charge in [0.15, 0.2) is 0 Å². The molecule has 0 saturated carbocycles. The highest BCUT2D eigenvalue weighted by Gasteiger charge is 2.34. The highest BCUT2D eigenvalue weighted by Crippen LogP contribution is 2.28. The summed E-state index contributed by atoms with van der Waals surface area (Å²) >= 11 is 0. The molecule has 3 N–H and O–H groups in total. The lowest BCUT2D eigenvalue weighted by atomic mass is 9.93. The summed E-state index contributed by atoms with van der Waals surface area (Å²) in [5, 5.41) is 15.2. The van der Waals surface area contributed by atoms with Crippen molar-refractivity contribution >= 4 is 32.7 Å². The van der Waals surface area contributed by atoms with Crippen LogP contribution < -0.4 is 5.14 Å². The van der Waals surface area contributed by atoms with Crippen molar-refractivity contribution in [2.24, 2.45) is 11.1 Å². The molecule has 0 aliphatic carbocycles. The second kappa shape index (κ2) is 6.65. The van der Waals surface area contributed by atoms with E-state index in [4.69, 9.17) is 5.14 Å². The molecule has 9 heteroatoms. The van der Waals surface area contributed by atoms with Gasteiger partial charge < -0.3 is 10.0 Å². The Kier molecular flexibility index (Phi) is 4.68. The number of aliphatic carboxylic acids is 1. The van der Waals surface area contributed by atoms with Gasteiger partial charge in [0, 0.05) is 29.6 Å². The fraction of sp³-hybridized carbons (Fsp3) is 0.353. The van der Waals surface area contributed by atoms with Crippen molar-refractivity contribution in [3.8, 4) is 0 Å². The minimum absolute atomic E-state index is 0.0819. The van der Waals surface area contributed by atoms with E-state index >= 15 is 0 Å². The number of hydrogen-bond donors (Lipinski definition) is 2. The number of carboxylic acid groups (broad SMARTS) is 1. The molecule has 1 aliphatic rings. The van der Waals surface area contributed by atoms with E-state index in [1.54, 1.807) is 6.07 Å². The van der Waals surface area contributed by atoms with E-state index in [2.05, 4.69) is 4.98 Å². The van der Waals surface area contributed by atoms with Crippen LogP contribution in [-0.2, 0) is 14.8 Å². The zero-order valence-electron chi connectivity index (χ0n) is 14.1. The molecular formula is C17H19N3O5S. The molecule has 1 aliphatic heterocycles. The van der Waals surface area contributed by atoms with Gasteiger partial charge in [0.25, 0.3) is 5.91 Å². The minimum Gasteiger partial charge on any atom is -0.481 e. The summed E-state index contributed by atoms with van der Waals surface area (Å²) in [5.41, 5.74) is 0.0888. The first-order valence-corrected chi connectivity index (χ1v) is 9.69. The number of nitrogens with two attached hydrogens (primary N) is 1. The molecule has 0 spiro atoms. The van der Waals surface area contributed by atoms with Gasteiger partial charge in [-0.1, -0.05) is 12.1 Å². The predicted molar refractivity (Wildman–Crippen MR) is 94.0 cm³/mol. The standard InChI is InChI=1S/C17H19N3O5S/c1-10-5-6-11(17(22)23)9-20(10)16(21)15-13-3-2-4-14(26(18,24)25)12(13)7-8-19-15/h2-4,7-8,10-11H,5-6,9H2,1H3,(H,22,23)(H2,18,24,25). The van der Waals surface area contributed by atoms with Gasteiger partial charge >= 0.3 is 5.97 Å². The molecule has 1 aromatic heterocycles. The number of hydrogen-bond acceptors (Lipinski definition) is 5. The van der Waals surface area contributed by atoms with E-state index in [1.165, 1.54) is 29.3 Å². The molecule has 0 radical (unpaired) electrons. The Labute approximate surface area is 150 Å². The monoisotopic (exact) mass is 377 g/mol. The first-order valence-electron chi connectivity index (χ1n) is 8.14. The third kappa shape index (κ3) is 3.27. The van der Waals surface area contributed by atoms with Gasteiger partial charge in [-0.05, 0) is 31.9 Å². The summed E-state index contributed by atoms with van der Waals surface area (Å²) < 4.78 is 23.6. The molecule has 2 heterocycles. The molecule has 26 heavy (non-hydrogen) atoms. The number of piperidine rings is 1. The lowest BCUT2D eigenvalue weighted by molar-refractivity contribution is -0.143. The second-order valence-electron chi connectivity index (χ2n) is 6.47. The maximum atomic E-state index is 13.0. The summed E-state index contributed by atoms with van der Waals surface area (Å²) in [5.74, 6) is -1.97. The lowest BCUT2D eigenvalue weighted by Gasteiger charge is -2.36. The van der Waals surface area contributed by atoms with Crippen LogP contribution in [0.4, 0.5) is 0 Å². The smallest absolute Gasteiger partial charge is 0.308 e. The van der Waals surface area contributed by atoms with Crippen LogP contribution in [0.2, 0.25) is 0 Å². The number of nitrogens with zero attached hydrogens (tertiary/aromatic N) is 2. The third-order valence-electron chi connectivity index (χ3n) is 4.77. The Bertz CT molecular complexity index is 989. The van der Waals surface area contributed by atoms with Crippen LogP contribution in [-0.4, -0.2) is 47.9 Å². The summed E-state index contributed by atoms with van der Waals surface area (Å²) in [4.78, 5) is 29.9. The Balaban J connectivity index is 2.08.